The molecule has 0 bridgehead atoms. The average molecular weight is 425 g/mol. The minimum absolute atomic E-state index is 0.218. The average Bonchev–Trinajstić information content (AvgIpc) is 3.42. The molecule has 29 heavy (non-hydrogen) atoms. The first-order valence-electron chi connectivity index (χ1n) is 8.49. The molecule has 0 fully saturated rings. The molecule has 0 atom stereocenters. The monoisotopic (exact) mass is 425 g/mol. The minimum atomic E-state index is -0.504. The Balaban J connectivity index is 1.44. The summed E-state index contributed by atoms with van der Waals surface area (Å²) in [5.74, 6) is 1.16. The predicted octanol–water partition coefficient (Wildman–Crippen LogP) is 5.18. The Morgan fingerprint density at radius 1 is 1.14 bits per heavy atom. The zero-order valence-corrected chi connectivity index (χ0v) is 16.8. The van der Waals surface area contributed by atoms with Gasteiger partial charge in [-0.3, -0.25) is 9.52 Å². The highest BCUT2D eigenvalue weighted by Crippen LogP contribution is 2.28. The van der Waals surface area contributed by atoms with E-state index in [1.807, 2.05) is 24.3 Å². The van der Waals surface area contributed by atoms with Gasteiger partial charge in [0.2, 0.25) is 11.0 Å². The number of hydrogen-bond acceptors (Lipinski definition) is 7. The van der Waals surface area contributed by atoms with E-state index in [-0.39, 0.29) is 5.12 Å². The number of thiophene rings is 1. The SMILES string of the molecule is COc1cccc(-c2nc3cc(NC(=O)NSC(=O)c4cccs4)ccc3o2)c1. The largest absolute Gasteiger partial charge is 0.497 e. The number of urea groups is 1. The summed E-state index contributed by atoms with van der Waals surface area (Å²) in [6.07, 6.45) is 0. The van der Waals surface area contributed by atoms with Gasteiger partial charge in [-0.25, -0.2) is 9.78 Å². The summed E-state index contributed by atoms with van der Waals surface area (Å²) < 4.78 is 13.5. The Hall–Kier alpha value is -3.30. The zero-order valence-electron chi connectivity index (χ0n) is 15.2. The van der Waals surface area contributed by atoms with Gasteiger partial charge in [-0.1, -0.05) is 12.1 Å². The summed E-state index contributed by atoms with van der Waals surface area (Å²) in [6, 6.07) is 15.5. The van der Waals surface area contributed by atoms with Crippen molar-refractivity contribution in [2.75, 3.05) is 12.4 Å². The molecule has 4 rings (SSSR count). The molecule has 2 N–H and O–H groups in total. The van der Waals surface area contributed by atoms with Gasteiger partial charge in [0.25, 0.3) is 0 Å². The molecule has 0 saturated carbocycles. The maximum absolute atomic E-state index is 12.1. The van der Waals surface area contributed by atoms with Crippen molar-refractivity contribution in [2.24, 2.45) is 0 Å². The fourth-order valence-electron chi connectivity index (χ4n) is 2.58. The van der Waals surface area contributed by atoms with Crippen LogP contribution in [-0.2, 0) is 0 Å². The quantitative estimate of drug-likeness (QED) is 0.438. The van der Waals surface area contributed by atoms with E-state index in [1.54, 1.807) is 42.8 Å². The van der Waals surface area contributed by atoms with Crippen LogP contribution in [-0.4, -0.2) is 23.2 Å². The van der Waals surface area contributed by atoms with Gasteiger partial charge in [0.05, 0.1) is 12.0 Å². The molecule has 0 saturated heterocycles. The molecule has 0 aliphatic heterocycles. The lowest BCUT2D eigenvalue weighted by atomic mass is 10.2. The Kier molecular flexibility index (Phi) is 5.50. The van der Waals surface area contributed by atoms with Crippen molar-refractivity contribution >= 4 is 51.2 Å². The van der Waals surface area contributed by atoms with Crippen LogP contribution in [0.25, 0.3) is 22.6 Å². The van der Waals surface area contributed by atoms with E-state index in [4.69, 9.17) is 9.15 Å². The van der Waals surface area contributed by atoms with E-state index in [0.29, 0.717) is 33.3 Å². The Morgan fingerprint density at radius 3 is 2.83 bits per heavy atom. The topological polar surface area (TPSA) is 93.5 Å². The van der Waals surface area contributed by atoms with Gasteiger partial charge in [0, 0.05) is 23.2 Å². The third kappa shape index (κ3) is 4.41. The molecule has 146 valence electrons. The summed E-state index contributed by atoms with van der Waals surface area (Å²) in [5.41, 5.74) is 2.51. The summed E-state index contributed by atoms with van der Waals surface area (Å²) in [5, 5.41) is 4.27. The number of nitrogens with zero attached hydrogens (tertiary/aromatic N) is 1. The number of methoxy groups -OCH3 is 1. The van der Waals surface area contributed by atoms with Crippen LogP contribution in [0.2, 0.25) is 0 Å². The molecule has 2 amide bonds. The number of aromatic nitrogens is 1. The van der Waals surface area contributed by atoms with Crippen molar-refractivity contribution in [3.63, 3.8) is 0 Å². The second-order valence-electron chi connectivity index (χ2n) is 5.86. The van der Waals surface area contributed by atoms with Crippen LogP contribution in [0.4, 0.5) is 10.5 Å². The zero-order chi connectivity index (χ0) is 20.2. The fraction of sp³-hybridized carbons (Fsp3) is 0.0500. The van der Waals surface area contributed by atoms with Gasteiger partial charge >= 0.3 is 6.03 Å². The lowest BCUT2D eigenvalue weighted by Gasteiger charge is -2.05. The number of fused-ring (bicyclic) bond motifs is 1. The predicted molar refractivity (Wildman–Crippen MR) is 114 cm³/mol. The van der Waals surface area contributed by atoms with Gasteiger partial charge in [-0.15, -0.1) is 11.3 Å². The van der Waals surface area contributed by atoms with Crippen molar-refractivity contribution in [3.05, 3.63) is 64.9 Å². The van der Waals surface area contributed by atoms with Crippen LogP contribution in [0, 0.1) is 0 Å². The van der Waals surface area contributed by atoms with E-state index < -0.39 is 6.03 Å². The molecule has 4 aromatic rings. The van der Waals surface area contributed by atoms with Crippen molar-refractivity contribution in [1.29, 1.82) is 0 Å². The smallest absolute Gasteiger partial charge is 0.329 e. The summed E-state index contributed by atoms with van der Waals surface area (Å²) in [4.78, 5) is 29.0. The summed E-state index contributed by atoms with van der Waals surface area (Å²) in [7, 11) is 1.60. The molecular weight excluding hydrogens is 410 g/mol. The Labute approximate surface area is 174 Å². The second kappa shape index (κ2) is 8.38. The van der Waals surface area contributed by atoms with Crippen molar-refractivity contribution in [2.45, 2.75) is 0 Å². The molecule has 0 radical (unpaired) electrons. The number of benzene rings is 2. The molecule has 2 aromatic heterocycles. The Morgan fingerprint density at radius 2 is 2.03 bits per heavy atom. The molecule has 7 nitrogen and oxygen atoms in total. The van der Waals surface area contributed by atoms with Crippen LogP contribution in [0.1, 0.15) is 9.67 Å². The lowest BCUT2D eigenvalue weighted by Crippen LogP contribution is -2.24. The van der Waals surface area contributed by atoms with E-state index in [2.05, 4.69) is 15.0 Å². The van der Waals surface area contributed by atoms with Gasteiger partial charge in [0.15, 0.2) is 5.58 Å². The van der Waals surface area contributed by atoms with Crippen LogP contribution in [0.3, 0.4) is 0 Å². The van der Waals surface area contributed by atoms with Gasteiger partial charge in [-0.05, 0) is 47.8 Å². The van der Waals surface area contributed by atoms with Gasteiger partial charge in [0.1, 0.15) is 11.3 Å². The number of oxazole rings is 1. The number of carbonyl (C=O) groups excluding carboxylic acids is 2. The lowest BCUT2D eigenvalue weighted by molar-refractivity contribution is 0.109. The van der Waals surface area contributed by atoms with E-state index in [0.717, 1.165) is 17.5 Å². The van der Waals surface area contributed by atoms with Crippen LogP contribution >= 0.6 is 23.3 Å². The molecule has 0 spiro atoms. The molecule has 0 unspecified atom stereocenters. The number of ether oxygens (including phenoxy) is 1. The highest BCUT2D eigenvalue weighted by molar-refractivity contribution is 8.13. The highest BCUT2D eigenvalue weighted by atomic mass is 32.2. The number of carbonyl (C=O) groups is 2. The van der Waals surface area contributed by atoms with Gasteiger partial charge < -0.3 is 14.5 Å². The van der Waals surface area contributed by atoms with Crippen molar-refractivity contribution in [1.82, 2.24) is 9.71 Å². The Bertz CT molecular complexity index is 1170. The van der Waals surface area contributed by atoms with E-state index >= 15 is 0 Å². The number of anilines is 1. The third-order valence-corrected chi connectivity index (χ3v) is 5.61. The number of amides is 2. The summed E-state index contributed by atoms with van der Waals surface area (Å²) in [6.45, 7) is 0. The van der Waals surface area contributed by atoms with E-state index in [9.17, 15) is 9.59 Å². The molecule has 2 heterocycles. The maximum atomic E-state index is 12.1. The minimum Gasteiger partial charge on any atom is -0.497 e. The van der Waals surface area contributed by atoms with Crippen molar-refractivity contribution < 1.29 is 18.7 Å². The molecule has 0 aliphatic carbocycles. The standard InChI is InChI=1S/C20H15N3O4S2/c1-26-14-5-2-4-12(10-14)18-22-15-11-13(7-8-16(15)27-18)21-20(25)23-29-19(24)17-6-3-9-28-17/h2-11H,1H3,(H2,21,23,25). The fourth-order valence-corrected chi connectivity index (χ4v) is 3.81. The maximum Gasteiger partial charge on any atom is 0.329 e. The highest BCUT2D eigenvalue weighted by Gasteiger charge is 2.12. The van der Waals surface area contributed by atoms with Crippen LogP contribution in [0.15, 0.2) is 64.4 Å². The number of rotatable bonds is 4. The summed E-state index contributed by atoms with van der Waals surface area (Å²) >= 11 is 2.06. The molecule has 2 aromatic carbocycles. The molecular formula is C20H15N3O4S2. The van der Waals surface area contributed by atoms with Crippen molar-refractivity contribution in [3.8, 4) is 17.2 Å². The normalized spacial score (nSPS) is 10.7. The first-order chi connectivity index (χ1) is 14.1. The van der Waals surface area contributed by atoms with Gasteiger partial charge in [-0.2, -0.15) is 0 Å². The van der Waals surface area contributed by atoms with Crippen LogP contribution in [0.5, 0.6) is 5.75 Å². The molecule has 9 heteroatoms. The first kappa shape index (κ1) is 19.0. The van der Waals surface area contributed by atoms with E-state index in [1.165, 1.54) is 11.3 Å². The second-order valence-corrected chi connectivity index (χ2v) is 7.58. The number of nitrogens with one attached hydrogen (secondary N) is 2. The molecule has 0 aliphatic rings. The van der Waals surface area contributed by atoms with Crippen LogP contribution < -0.4 is 14.8 Å². The first-order valence-corrected chi connectivity index (χ1v) is 10.2. The number of hydrogen-bond donors (Lipinski definition) is 2. The third-order valence-electron chi connectivity index (χ3n) is 3.92.